The molecular formula is C66H129NO5. The zero-order valence-corrected chi connectivity index (χ0v) is 48.9. The molecule has 1 amide bonds. The van der Waals surface area contributed by atoms with Crippen LogP contribution in [-0.4, -0.2) is 47.4 Å². The number of hydrogen-bond donors (Lipinski definition) is 3. The number of nitrogens with one attached hydrogen (secondary N) is 1. The van der Waals surface area contributed by atoms with Crippen LogP contribution in [0.15, 0.2) is 12.2 Å². The zero-order chi connectivity index (χ0) is 52.2. The largest absolute Gasteiger partial charge is 0.466 e. The van der Waals surface area contributed by atoms with Crippen LogP contribution >= 0.6 is 0 Å². The van der Waals surface area contributed by atoms with E-state index in [4.69, 9.17) is 4.74 Å². The van der Waals surface area contributed by atoms with Crippen molar-refractivity contribution >= 4 is 11.9 Å². The molecule has 0 fully saturated rings. The molecule has 0 rings (SSSR count). The number of allylic oxidation sites excluding steroid dienone is 2. The molecule has 0 aliphatic heterocycles. The molecule has 0 bridgehead atoms. The molecule has 6 heteroatoms. The molecule has 428 valence electrons. The Morgan fingerprint density at radius 2 is 0.653 bits per heavy atom. The van der Waals surface area contributed by atoms with E-state index >= 15 is 0 Å². The lowest BCUT2D eigenvalue weighted by Crippen LogP contribution is -2.45. The van der Waals surface area contributed by atoms with E-state index in [0.29, 0.717) is 25.9 Å². The second-order valence-corrected chi connectivity index (χ2v) is 22.8. The van der Waals surface area contributed by atoms with Gasteiger partial charge in [-0.15, -0.1) is 0 Å². The number of ether oxygens (including phenoxy) is 1. The lowest BCUT2D eigenvalue weighted by atomic mass is 10.0. The molecule has 72 heavy (non-hydrogen) atoms. The van der Waals surface area contributed by atoms with Crippen LogP contribution in [0.3, 0.4) is 0 Å². The minimum absolute atomic E-state index is 0.0158. The molecule has 0 aromatic rings. The second-order valence-electron chi connectivity index (χ2n) is 22.8. The minimum Gasteiger partial charge on any atom is -0.466 e. The number of aliphatic hydroxyl groups excluding tert-OH is 2. The number of carbonyl (C=O) groups is 2. The molecular weight excluding hydrogens is 887 g/mol. The highest BCUT2D eigenvalue weighted by Crippen LogP contribution is 2.19. The van der Waals surface area contributed by atoms with Crippen molar-refractivity contribution in [3.63, 3.8) is 0 Å². The Hall–Kier alpha value is -1.40. The van der Waals surface area contributed by atoms with Crippen molar-refractivity contribution in [1.29, 1.82) is 0 Å². The Kier molecular flexibility index (Phi) is 60.9. The third-order valence-corrected chi connectivity index (χ3v) is 15.6. The molecule has 2 unspecified atom stereocenters. The Morgan fingerprint density at radius 3 is 0.986 bits per heavy atom. The van der Waals surface area contributed by atoms with Crippen molar-refractivity contribution in [2.45, 2.75) is 386 Å². The van der Waals surface area contributed by atoms with E-state index in [2.05, 4.69) is 31.3 Å². The molecule has 0 aromatic carbocycles. The Morgan fingerprint density at radius 1 is 0.375 bits per heavy atom. The summed E-state index contributed by atoms with van der Waals surface area (Å²) in [5.74, 6) is -0.0165. The molecule has 0 aliphatic rings. The first-order valence-corrected chi connectivity index (χ1v) is 32.9. The molecule has 0 heterocycles. The van der Waals surface area contributed by atoms with Crippen LogP contribution in [0, 0.1) is 0 Å². The monoisotopic (exact) mass is 1020 g/mol. The molecule has 0 aromatic heterocycles. The van der Waals surface area contributed by atoms with Crippen LogP contribution < -0.4 is 5.32 Å². The highest BCUT2D eigenvalue weighted by Gasteiger charge is 2.20. The fraction of sp³-hybridized carbons (Fsp3) is 0.939. The molecule has 6 nitrogen and oxygen atoms in total. The SMILES string of the molecule is CCCCCCCC/C=C\CCCCCCCCCCCC(=O)OCCCCCCCCCCCCCCCCCCCCCCCCCCC(=O)NC(CO)C(O)CCCCCCCCCCCCCC. The van der Waals surface area contributed by atoms with Crippen LogP contribution in [0.25, 0.3) is 0 Å². The fourth-order valence-electron chi connectivity index (χ4n) is 10.5. The van der Waals surface area contributed by atoms with Gasteiger partial charge >= 0.3 is 5.97 Å². The van der Waals surface area contributed by atoms with Gasteiger partial charge in [0, 0.05) is 12.8 Å². The maximum atomic E-state index is 12.5. The molecule has 0 saturated heterocycles. The quantitative estimate of drug-likeness (QED) is 0.0320. The summed E-state index contributed by atoms with van der Waals surface area (Å²) in [5.41, 5.74) is 0. The Bertz CT molecular complexity index is 1080. The molecule has 2 atom stereocenters. The van der Waals surface area contributed by atoms with E-state index in [-0.39, 0.29) is 18.5 Å². The summed E-state index contributed by atoms with van der Waals surface area (Å²) in [6.07, 6.45) is 75.3. The highest BCUT2D eigenvalue weighted by molar-refractivity contribution is 5.76. The summed E-state index contributed by atoms with van der Waals surface area (Å²) >= 11 is 0. The number of carbonyl (C=O) groups excluding carboxylic acids is 2. The van der Waals surface area contributed by atoms with E-state index < -0.39 is 12.1 Å². The molecule has 0 spiro atoms. The third kappa shape index (κ3) is 57.9. The number of esters is 1. The van der Waals surface area contributed by atoms with Gasteiger partial charge in [0.2, 0.25) is 5.91 Å². The topological polar surface area (TPSA) is 95.9 Å². The number of unbranched alkanes of at least 4 members (excludes halogenated alkanes) is 49. The first kappa shape index (κ1) is 70.6. The third-order valence-electron chi connectivity index (χ3n) is 15.6. The van der Waals surface area contributed by atoms with Gasteiger partial charge in [-0.05, 0) is 51.4 Å². The molecule has 0 saturated carbocycles. The molecule has 0 aliphatic carbocycles. The molecule has 3 N–H and O–H groups in total. The van der Waals surface area contributed by atoms with Crippen LogP contribution in [0.4, 0.5) is 0 Å². The number of amides is 1. The predicted molar refractivity (Wildman–Crippen MR) is 315 cm³/mol. The highest BCUT2D eigenvalue weighted by atomic mass is 16.5. The van der Waals surface area contributed by atoms with Crippen molar-refractivity contribution in [2.75, 3.05) is 13.2 Å². The summed E-state index contributed by atoms with van der Waals surface area (Å²) in [4.78, 5) is 24.6. The van der Waals surface area contributed by atoms with Gasteiger partial charge in [-0.2, -0.15) is 0 Å². The lowest BCUT2D eigenvalue weighted by Gasteiger charge is -2.22. The van der Waals surface area contributed by atoms with E-state index in [9.17, 15) is 19.8 Å². The van der Waals surface area contributed by atoms with Crippen molar-refractivity contribution < 1.29 is 24.5 Å². The minimum atomic E-state index is -0.662. The fourth-order valence-corrected chi connectivity index (χ4v) is 10.5. The second kappa shape index (κ2) is 62.1. The molecule has 0 radical (unpaired) electrons. The summed E-state index contributed by atoms with van der Waals surface area (Å²) in [5, 5.41) is 23.2. The average molecular weight is 1020 g/mol. The van der Waals surface area contributed by atoms with Crippen LogP contribution in [0.5, 0.6) is 0 Å². The van der Waals surface area contributed by atoms with Crippen molar-refractivity contribution in [2.24, 2.45) is 0 Å². The van der Waals surface area contributed by atoms with Crippen LogP contribution in [-0.2, 0) is 14.3 Å². The van der Waals surface area contributed by atoms with Gasteiger partial charge in [0.1, 0.15) is 0 Å². The van der Waals surface area contributed by atoms with Crippen molar-refractivity contribution in [1.82, 2.24) is 5.32 Å². The Balaban J connectivity index is 3.33. The van der Waals surface area contributed by atoms with Gasteiger partial charge in [-0.25, -0.2) is 0 Å². The van der Waals surface area contributed by atoms with E-state index in [1.165, 1.54) is 302 Å². The van der Waals surface area contributed by atoms with Crippen LogP contribution in [0.2, 0.25) is 0 Å². The normalized spacial score (nSPS) is 12.6. The zero-order valence-electron chi connectivity index (χ0n) is 48.9. The van der Waals surface area contributed by atoms with Gasteiger partial charge in [-0.3, -0.25) is 9.59 Å². The average Bonchev–Trinajstić information content (AvgIpc) is 3.38. The maximum absolute atomic E-state index is 12.5. The van der Waals surface area contributed by atoms with E-state index in [1.807, 2.05) is 0 Å². The van der Waals surface area contributed by atoms with Gasteiger partial charge in [-0.1, -0.05) is 321 Å². The van der Waals surface area contributed by atoms with Gasteiger partial charge in [0.05, 0.1) is 25.4 Å². The van der Waals surface area contributed by atoms with Gasteiger partial charge in [0.15, 0.2) is 0 Å². The summed E-state index contributed by atoms with van der Waals surface area (Å²) < 4.78 is 5.51. The number of aliphatic hydroxyl groups is 2. The van der Waals surface area contributed by atoms with E-state index in [1.54, 1.807) is 0 Å². The summed E-state index contributed by atoms with van der Waals surface area (Å²) in [6.45, 7) is 4.97. The first-order valence-electron chi connectivity index (χ1n) is 32.9. The van der Waals surface area contributed by atoms with Crippen molar-refractivity contribution in [3.8, 4) is 0 Å². The first-order chi connectivity index (χ1) is 35.5. The van der Waals surface area contributed by atoms with E-state index in [0.717, 1.165) is 38.5 Å². The summed E-state index contributed by atoms with van der Waals surface area (Å²) in [6, 6.07) is -0.539. The predicted octanol–water partition coefficient (Wildman–Crippen LogP) is 20.8. The maximum Gasteiger partial charge on any atom is 0.305 e. The Labute approximate surface area is 450 Å². The number of rotatable bonds is 62. The van der Waals surface area contributed by atoms with Crippen LogP contribution in [0.1, 0.15) is 373 Å². The lowest BCUT2D eigenvalue weighted by molar-refractivity contribution is -0.143. The van der Waals surface area contributed by atoms with Gasteiger partial charge < -0.3 is 20.3 Å². The van der Waals surface area contributed by atoms with Gasteiger partial charge in [0.25, 0.3) is 0 Å². The van der Waals surface area contributed by atoms with Crippen molar-refractivity contribution in [3.05, 3.63) is 12.2 Å². The standard InChI is InChI=1S/C66H129NO5/c1-3-5-7-9-11-13-15-17-18-19-26-30-33-36-40-44-48-52-56-60-66(71)72-61-57-53-49-45-41-37-34-31-28-25-23-21-20-22-24-27-29-32-35-39-43-47-51-55-59-65(70)67-63(62-68)64(69)58-54-50-46-42-38-16-14-12-10-8-6-4-2/h17-18,63-64,68-69H,3-16,19-62H2,1-2H3,(H,67,70)/b18-17-. The summed E-state index contributed by atoms with van der Waals surface area (Å²) in [7, 11) is 0. The number of hydrogen-bond acceptors (Lipinski definition) is 5. The smallest absolute Gasteiger partial charge is 0.305 e.